The summed E-state index contributed by atoms with van der Waals surface area (Å²) in [6.45, 7) is 8.89. The molecule has 0 unspecified atom stereocenters. The molecule has 1 atom stereocenters. The van der Waals surface area contributed by atoms with E-state index in [1.54, 1.807) is 30.5 Å². The molecule has 3 aromatic heterocycles. The van der Waals surface area contributed by atoms with Gasteiger partial charge in [-0.3, -0.25) is 19.0 Å². The summed E-state index contributed by atoms with van der Waals surface area (Å²) in [5, 5.41) is 2.80. The van der Waals surface area contributed by atoms with Crippen LogP contribution in [0.25, 0.3) is 16.8 Å². The van der Waals surface area contributed by atoms with Gasteiger partial charge in [-0.2, -0.15) is 0 Å². The molecule has 0 aliphatic carbocycles. The van der Waals surface area contributed by atoms with Crippen LogP contribution in [0.2, 0.25) is 0 Å². The van der Waals surface area contributed by atoms with Crippen LogP contribution < -0.4 is 5.32 Å². The van der Waals surface area contributed by atoms with Crippen molar-refractivity contribution in [3.8, 4) is 11.3 Å². The summed E-state index contributed by atoms with van der Waals surface area (Å²) in [5.41, 5.74) is 5.05. The highest BCUT2D eigenvalue weighted by molar-refractivity contribution is 6.04. The molecular formula is C27H26N6O2. The van der Waals surface area contributed by atoms with Crippen LogP contribution in [0.4, 0.5) is 5.82 Å². The number of carbonyl (C=O) groups is 2. The summed E-state index contributed by atoms with van der Waals surface area (Å²) in [6.07, 6.45) is 5.69. The van der Waals surface area contributed by atoms with E-state index in [-0.39, 0.29) is 17.7 Å². The lowest BCUT2D eigenvalue weighted by Crippen LogP contribution is -2.26. The topological polar surface area (TPSA) is 92.5 Å². The zero-order valence-corrected chi connectivity index (χ0v) is 19.7. The third-order valence-electron chi connectivity index (χ3n) is 6.41. The van der Waals surface area contributed by atoms with Crippen LogP contribution in [-0.4, -0.2) is 49.2 Å². The predicted molar refractivity (Wildman–Crippen MR) is 134 cm³/mol. The molecular weight excluding hydrogens is 440 g/mol. The minimum atomic E-state index is -0.225. The van der Waals surface area contributed by atoms with Gasteiger partial charge in [0.05, 0.1) is 16.9 Å². The molecule has 5 rings (SSSR count). The molecule has 0 saturated carbocycles. The minimum absolute atomic E-state index is 0.0530. The Bertz CT molecular complexity index is 1430. The van der Waals surface area contributed by atoms with E-state index < -0.39 is 0 Å². The first kappa shape index (κ1) is 22.5. The van der Waals surface area contributed by atoms with Gasteiger partial charge in [0.25, 0.3) is 5.91 Å². The first-order valence-corrected chi connectivity index (χ1v) is 11.5. The summed E-state index contributed by atoms with van der Waals surface area (Å²) in [6, 6.07) is 12.8. The third kappa shape index (κ3) is 4.19. The Morgan fingerprint density at radius 2 is 1.91 bits per heavy atom. The van der Waals surface area contributed by atoms with Crippen LogP contribution in [0, 0.1) is 13.8 Å². The number of fused-ring (bicyclic) bond motifs is 1. The molecule has 1 saturated heterocycles. The fraction of sp³-hybridized carbons (Fsp3) is 0.222. The molecule has 1 aliphatic heterocycles. The molecule has 1 fully saturated rings. The number of imidazole rings is 1. The Balaban J connectivity index is 1.50. The van der Waals surface area contributed by atoms with Gasteiger partial charge in [-0.05, 0) is 50.6 Å². The quantitative estimate of drug-likeness (QED) is 0.446. The lowest BCUT2D eigenvalue weighted by atomic mass is 10.1. The van der Waals surface area contributed by atoms with E-state index in [2.05, 4.69) is 26.3 Å². The molecule has 0 spiro atoms. The highest BCUT2D eigenvalue weighted by atomic mass is 16.2. The Morgan fingerprint density at radius 3 is 2.63 bits per heavy atom. The maximum Gasteiger partial charge on any atom is 0.256 e. The molecule has 2 amide bonds. The molecule has 0 radical (unpaired) electrons. The van der Waals surface area contributed by atoms with Crippen LogP contribution in [0.1, 0.15) is 39.9 Å². The second-order valence-electron chi connectivity index (χ2n) is 8.71. The van der Waals surface area contributed by atoms with Gasteiger partial charge in [0.2, 0.25) is 5.91 Å². The average Bonchev–Trinajstić information content (AvgIpc) is 3.53. The molecule has 35 heavy (non-hydrogen) atoms. The molecule has 1 aromatic carbocycles. The summed E-state index contributed by atoms with van der Waals surface area (Å²) < 4.78 is 2.16. The molecule has 0 bridgehead atoms. The van der Waals surface area contributed by atoms with Crippen molar-refractivity contribution in [1.82, 2.24) is 24.3 Å². The van der Waals surface area contributed by atoms with Crippen molar-refractivity contribution < 1.29 is 9.59 Å². The lowest BCUT2D eigenvalue weighted by molar-refractivity contribution is -0.125. The third-order valence-corrected chi connectivity index (χ3v) is 6.41. The highest BCUT2D eigenvalue weighted by Crippen LogP contribution is 2.34. The number of rotatable bonds is 5. The molecule has 8 heteroatoms. The number of anilines is 1. The highest BCUT2D eigenvalue weighted by Gasteiger charge is 2.31. The van der Waals surface area contributed by atoms with Gasteiger partial charge in [-0.1, -0.05) is 24.8 Å². The van der Waals surface area contributed by atoms with Gasteiger partial charge >= 0.3 is 0 Å². The summed E-state index contributed by atoms with van der Waals surface area (Å²) in [4.78, 5) is 40.4. The molecule has 1 N–H and O–H groups in total. The average molecular weight is 467 g/mol. The summed E-state index contributed by atoms with van der Waals surface area (Å²) >= 11 is 0. The van der Waals surface area contributed by atoms with E-state index in [4.69, 9.17) is 4.98 Å². The molecule has 176 valence electrons. The lowest BCUT2D eigenvalue weighted by Gasteiger charge is -2.14. The smallest absolute Gasteiger partial charge is 0.256 e. The van der Waals surface area contributed by atoms with Gasteiger partial charge in [0.1, 0.15) is 11.6 Å². The van der Waals surface area contributed by atoms with Gasteiger partial charge in [0, 0.05) is 48.2 Å². The second kappa shape index (κ2) is 9.13. The van der Waals surface area contributed by atoms with Crippen molar-refractivity contribution in [2.24, 2.45) is 0 Å². The number of nitrogens with one attached hydrogen (secondary N) is 1. The van der Waals surface area contributed by atoms with Gasteiger partial charge in [-0.25, -0.2) is 9.97 Å². The number of nitrogens with zero attached hydrogens (tertiary/aromatic N) is 5. The van der Waals surface area contributed by atoms with Gasteiger partial charge in [0.15, 0.2) is 0 Å². The number of aryl methyl sites for hydroxylation is 2. The normalized spacial score (nSPS) is 15.4. The molecule has 4 heterocycles. The van der Waals surface area contributed by atoms with Crippen molar-refractivity contribution >= 4 is 23.1 Å². The monoisotopic (exact) mass is 466 g/mol. The first-order valence-electron chi connectivity index (χ1n) is 11.5. The van der Waals surface area contributed by atoms with Crippen molar-refractivity contribution in [3.63, 3.8) is 0 Å². The SMILES string of the molecule is C=CC(=O)N1CC[C@@H](c2nc(-c3ccc(C(=O)Nc4ccccn4)cc3)c3c(C)ncc(C)n23)C1. The predicted octanol–water partition coefficient (Wildman–Crippen LogP) is 4.16. The summed E-state index contributed by atoms with van der Waals surface area (Å²) in [7, 11) is 0. The van der Waals surface area contributed by atoms with E-state index in [0.717, 1.165) is 40.4 Å². The van der Waals surface area contributed by atoms with Crippen LogP contribution in [0.15, 0.2) is 67.5 Å². The maximum atomic E-state index is 12.6. The number of amides is 2. The van der Waals surface area contributed by atoms with Crippen molar-refractivity contribution in [2.75, 3.05) is 18.4 Å². The van der Waals surface area contributed by atoms with Crippen LogP contribution >= 0.6 is 0 Å². The minimum Gasteiger partial charge on any atom is -0.338 e. The number of aromatic nitrogens is 4. The zero-order valence-electron chi connectivity index (χ0n) is 19.7. The molecule has 1 aliphatic rings. The Hall–Kier alpha value is -4.33. The van der Waals surface area contributed by atoms with Crippen molar-refractivity contribution in [2.45, 2.75) is 26.2 Å². The van der Waals surface area contributed by atoms with Gasteiger partial charge < -0.3 is 10.2 Å². The van der Waals surface area contributed by atoms with Crippen LogP contribution in [0.3, 0.4) is 0 Å². The number of hydrogen-bond acceptors (Lipinski definition) is 5. The first-order chi connectivity index (χ1) is 17.0. The largest absolute Gasteiger partial charge is 0.338 e. The Morgan fingerprint density at radius 1 is 1.11 bits per heavy atom. The number of pyridine rings is 1. The van der Waals surface area contributed by atoms with E-state index in [1.807, 2.05) is 43.1 Å². The molecule has 8 nitrogen and oxygen atoms in total. The zero-order chi connectivity index (χ0) is 24.5. The number of benzene rings is 1. The summed E-state index contributed by atoms with van der Waals surface area (Å²) in [5.74, 6) is 1.27. The van der Waals surface area contributed by atoms with E-state index >= 15 is 0 Å². The number of likely N-dealkylation sites (tertiary alicyclic amines) is 1. The van der Waals surface area contributed by atoms with Gasteiger partial charge in [-0.15, -0.1) is 0 Å². The van der Waals surface area contributed by atoms with Crippen LogP contribution in [-0.2, 0) is 4.79 Å². The fourth-order valence-corrected chi connectivity index (χ4v) is 4.62. The van der Waals surface area contributed by atoms with Crippen molar-refractivity contribution in [1.29, 1.82) is 0 Å². The second-order valence-corrected chi connectivity index (χ2v) is 8.71. The number of hydrogen-bond donors (Lipinski definition) is 1. The number of carbonyl (C=O) groups excluding carboxylic acids is 2. The standard InChI is InChI=1S/C27H26N6O2/c1-4-23(34)32-14-12-21(16-32)26-31-24(25-18(3)29-15-17(2)33(25)26)19-8-10-20(11-9-19)27(35)30-22-7-5-6-13-28-22/h4-11,13,15,21H,1,12,14,16H2,2-3H3,(H,28,30,35)/t21-/m1/s1. The van der Waals surface area contributed by atoms with Crippen molar-refractivity contribution in [3.05, 3.63) is 90.3 Å². The Labute approximate surface area is 203 Å². The maximum absolute atomic E-state index is 12.6. The Kier molecular flexibility index (Phi) is 5.86. The van der Waals surface area contributed by atoms with Crippen LogP contribution in [0.5, 0.6) is 0 Å². The van der Waals surface area contributed by atoms with E-state index in [9.17, 15) is 9.59 Å². The fourth-order valence-electron chi connectivity index (χ4n) is 4.62. The molecule has 4 aromatic rings. The van der Waals surface area contributed by atoms with E-state index in [1.165, 1.54) is 6.08 Å². The van der Waals surface area contributed by atoms with E-state index in [0.29, 0.717) is 24.5 Å².